The third-order valence-electron chi connectivity index (χ3n) is 14.6. The molecule has 3 aromatic heterocycles. The summed E-state index contributed by atoms with van der Waals surface area (Å²) in [6.45, 7) is 6.88. The van der Waals surface area contributed by atoms with Crippen LogP contribution >= 0.6 is 0 Å². The van der Waals surface area contributed by atoms with Crippen LogP contribution in [0.3, 0.4) is 0 Å². The number of pyridine rings is 2. The minimum Gasteiger partial charge on any atom is -0.451 e. The van der Waals surface area contributed by atoms with Crippen molar-refractivity contribution in [1.82, 2.24) is 24.6 Å². The van der Waals surface area contributed by atoms with E-state index in [4.69, 9.17) is 14.2 Å². The van der Waals surface area contributed by atoms with Gasteiger partial charge in [-0.15, -0.1) is 0 Å². The number of nitrogens with zero attached hydrogens (tertiary/aromatic N) is 5. The van der Waals surface area contributed by atoms with Crippen molar-refractivity contribution < 1.29 is 46.2 Å². The largest absolute Gasteiger partial charge is 0.451 e. The lowest BCUT2D eigenvalue weighted by Crippen LogP contribution is -2.58. The lowest BCUT2D eigenvalue weighted by Gasteiger charge is -2.57. The maximum Gasteiger partial charge on any atom is 0.388 e. The summed E-state index contributed by atoms with van der Waals surface area (Å²) >= 11 is 0. The topological polar surface area (TPSA) is 214 Å². The van der Waals surface area contributed by atoms with E-state index in [1.54, 1.807) is 31.3 Å². The number of aromatic amines is 1. The first-order chi connectivity index (χ1) is 33.0. The fourth-order valence-corrected chi connectivity index (χ4v) is 11.5. The number of carbonyl (C=O) groups excluding carboxylic acids is 1. The first kappa shape index (κ1) is 48.1. The van der Waals surface area contributed by atoms with Gasteiger partial charge >= 0.3 is 12.3 Å². The lowest BCUT2D eigenvalue weighted by molar-refractivity contribution is -0.384. The molecule has 0 radical (unpaired) electrons. The Balaban J connectivity index is 0.935. The van der Waals surface area contributed by atoms with E-state index < -0.39 is 49.5 Å². The highest BCUT2D eigenvalue weighted by Gasteiger charge is 2.50. The van der Waals surface area contributed by atoms with E-state index in [1.807, 2.05) is 4.72 Å². The molecule has 0 bridgehead atoms. The molecule has 1 spiro atoms. The van der Waals surface area contributed by atoms with Crippen LogP contribution in [0.2, 0.25) is 0 Å². The van der Waals surface area contributed by atoms with Crippen molar-refractivity contribution >= 4 is 44.2 Å². The average molecular weight is 973 g/mol. The summed E-state index contributed by atoms with van der Waals surface area (Å²) in [7, 11) is -4.78. The molecule has 9 rings (SSSR count). The van der Waals surface area contributed by atoms with Crippen molar-refractivity contribution in [3.8, 4) is 17.4 Å². The van der Waals surface area contributed by atoms with Gasteiger partial charge in [0, 0.05) is 61.6 Å². The first-order valence-electron chi connectivity index (χ1n) is 23.6. The van der Waals surface area contributed by atoms with Crippen LogP contribution in [0.4, 0.5) is 26.0 Å². The monoisotopic (exact) mass is 972 g/mol. The molecule has 5 heterocycles. The quantitative estimate of drug-likeness (QED) is 0.0571. The maximum absolute atomic E-state index is 14.1. The molecule has 0 unspecified atom stereocenters. The predicted molar refractivity (Wildman–Crippen MR) is 254 cm³/mol. The molecule has 69 heavy (non-hydrogen) atoms. The van der Waals surface area contributed by atoms with Gasteiger partial charge in [0.05, 0.1) is 41.5 Å². The first-order valence-corrected chi connectivity index (χ1v) is 25.0. The standard InChI is InChI=1S/C49H58F2N8O9S/c1-30(2)36-6-4-5-7-37(36)40-29-66-21-20-58(40)34-25-49(26-34)15-18-57(19-16-49)33-8-9-38(41(23-33)67-42-22-32-12-17-52-43(32)55-46(42)68-47(50)51)45(60)56-69(64,65)35-24-39(59(62)63)44(54-28-35)53-27-31-10-13-48(3,61)14-11-31/h4-9,12,17,22-24,28,30-31,34,40,47,61H,10-11,13-16,18-21,25-27,29H2,1-3H3,(H,52,55)(H,53,54)(H,56,60)/t31-,40-,48-/m0/s1. The molecule has 2 aliphatic heterocycles. The SMILES string of the molecule is CC(C)c1ccccc1[C@@H]1COCCN1C1CC2(CCN(c3ccc(C(=O)NS(=O)(=O)c4cnc(NC[C@H]5CC[C@](C)(O)CC5)c([N+](=O)[O-])c4)c(Oc4cc5cc[nH]c5nc4OC(F)F)c3)CC2)C1. The number of halogens is 2. The van der Waals surface area contributed by atoms with Crippen molar-refractivity contribution in [2.24, 2.45) is 11.3 Å². The molecule has 4 fully saturated rings. The Morgan fingerprint density at radius 1 is 1.04 bits per heavy atom. The number of rotatable bonds is 15. The van der Waals surface area contributed by atoms with Crippen LogP contribution in [0.25, 0.3) is 11.0 Å². The van der Waals surface area contributed by atoms with Gasteiger partial charge in [-0.05, 0) is 111 Å². The normalized spacial score (nSPS) is 22.2. The van der Waals surface area contributed by atoms with Crippen LogP contribution in [-0.4, -0.2) is 102 Å². The third-order valence-corrected chi connectivity index (χ3v) is 15.9. The van der Waals surface area contributed by atoms with Gasteiger partial charge in [0.15, 0.2) is 5.75 Å². The zero-order valence-corrected chi connectivity index (χ0v) is 39.6. The number of hydrogen-bond acceptors (Lipinski definition) is 14. The Bertz CT molecular complexity index is 2800. The number of aliphatic hydroxyl groups is 1. The molecule has 4 N–H and O–H groups in total. The second kappa shape index (κ2) is 19.4. The van der Waals surface area contributed by atoms with E-state index in [0.29, 0.717) is 81.6 Å². The number of anilines is 2. The summed E-state index contributed by atoms with van der Waals surface area (Å²) in [6, 6.07) is 17.8. The Labute approximate surface area is 399 Å². The van der Waals surface area contributed by atoms with Crippen LogP contribution in [0, 0.1) is 21.4 Å². The molecule has 4 aliphatic rings. The number of sulfonamides is 1. The van der Waals surface area contributed by atoms with Gasteiger partial charge in [0.2, 0.25) is 5.82 Å². The summed E-state index contributed by atoms with van der Waals surface area (Å²) in [4.78, 5) is 40.7. The average Bonchev–Trinajstić information content (AvgIpc) is 3.77. The molecule has 5 aromatic rings. The Morgan fingerprint density at radius 2 is 1.80 bits per heavy atom. The van der Waals surface area contributed by atoms with E-state index >= 15 is 0 Å². The number of H-pyrrole nitrogens is 1. The fourth-order valence-electron chi connectivity index (χ4n) is 10.6. The van der Waals surface area contributed by atoms with Gasteiger partial charge in [-0.25, -0.2) is 18.1 Å². The molecule has 1 atom stereocenters. The molecule has 2 aromatic carbocycles. The molecule has 17 nitrogen and oxygen atoms in total. The zero-order valence-electron chi connectivity index (χ0n) is 38.8. The minimum atomic E-state index is -4.78. The second-order valence-electron chi connectivity index (χ2n) is 19.6. The molecular formula is C49H58F2N8O9S. The predicted octanol–water partition coefficient (Wildman–Crippen LogP) is 8.68. The van der Waals surface area contributed by atoms with Crippen LogP contribution in [0.15, 0.2) is 78.0 Å². The number of benzene rings is 2. The van der Waals surface area contributed by atoms with Crippen LogP contribution in [0.5, 0.6) is 17.4 Å². The highest BCUT2D eigenvalue weighted by atomic mass is 32.2. The number of ether oxygens (including phenoxy) is 3. The number of amides is 1. The van der Waals surface area contributed by atoms with E-state index in [1.165, 1.54) is 23.3 Å². The van der Waals surface area contributed by atoms with Crippen molar-refractivity contribution in [2.75, 3.05) is 49.6 Å². The molecule has 2 saturated heterocycles. The van der Waals surface area contributed by atoms with Crippen LogP contribution in [0.1, 0.15) is 106 Å². The van der Waals surface area contributed by atoms with Gasteiger partial charge < -0.3 is 34.5 Å². The molecular weight excluding hydrogens is 915 g/mol. The van der Waals surface area contributed by atoms with E-state index in [2.05, 4.69) is 68.2 Å². The number of piperidine rings is 1. The Hall–Kier alpha value is -5.96. The summed E-state index contributed by atoms with van der Waals surface area (Å²) in [6.07, 6.45) is 8.98. The number of alkyl halides is 2. The number of hydrogen-bond donors (Lipinski definition) is 4. The number of nitrogens with one attached hydrogen (secondary N) is 3. The van der Waals surface area contributed by atoms with E-state index in [9.17, 15) is 37.2 Å². The molecule has 20 heteroatoms. The third kappa shape index (κ3) is 10.5. The maximum atomic E-state index is 14.1. The summed E-state index contributed by atoms with van der Waals surface area (Å²) < 4.78 is 74.0. The number of nitro groups is 1. The van der Waals surface area contributed by atoms with Gasteiger partial charge in [-0.2, -0.15) is 13.8 Å². The zero-order chi connectivity index (χ0) is 48.7. The Morgan fingerprint density at radius 3 is 2.52 bits per heavy atom. The number of morpholine rings is 1. The van der Waals surface area contributed by atoms with Crippen molar-refractivity contribution in [3.05, 3.63) is 99.9 Å². The summed E-state index contributed by atoms with van der Waals surface area (Å²) in [5, 5.41) is 25.9. The van der Waals surface area contributed by atoms with Crippen LogP contribution in [-0.2, 0) is 14.8 Å². The van der Waals surface area contributed by atoms with Crippen molar-refractivity contribution in [2.45, 2.75) is 107 Å². The second-order valence-corrected chi connectivity index (χ2v) is 21.3. The van der Waals surface area contributed by atoms with E-state index in [0.717, 1.165) is 44.5 Å². The van der Waals surface area contributed by atoms with Crippen LogP contribution < -0.4 is 24.4 Å². The smallest absolute Gasteiger partial charge is 0.388 e. The number of fused-ring (bicyclic) bond motifs is 1. The highest BCUT2D eigenvalue weighted by Crippen LogP contribution is 2.53. The van der Waals surface area contributed by atoms with Crippen molar-refractivity contribution in [1.29, 1.82) is 0 Å². The van der Waals surface area contributed by atoms with Gasteiger partial charge in [-0.1, -0.05) is 38.1 Å². The summed E-state index contributed by atoms with van der Waals surface area (Å²) in [5.74, 6) is -1.78. The lowest BCUT2D eigenvalue weighted by atomic mass is 9.59. The highest BCUT2D eigenvalue weighted by molar-refractivity contribution is 7.90. The Kier molecular flexibility index (Phi) is 13.5. The minimum absolute atomic E-state index is 0.116. The molecule has 1 amide bonds. The molecule has 368 valence electrons. The van der Waals surface area contributed by atoms with Gasteiger partial charge in [0.25, 0.3) is 21.8 Å². The molecule has 2 saturated carbocycles. The van der Waals surface area contributed by atoms with Gasteiger partial charge in [-0.3, -0.25) is 19.8 Å². The van der Waals surface area contributed by atoms with Gasteiger partial charge in [0.1, 0.15) is 16.3 Å². The van der Waals surface area contributed by atoms with E-state index in [-0.39, 0.29) is 45.9 Å². The number of carbonyl (C=O) groups is 1. The molecule has 2 aliphatic carbocycles. The van der Waals surface area contributed by atoms with Crippen molar-refractivity contribution in [3.63, 3.8) is 0 Å². The fraction of sp³-hybridized carbons (Fsp3) is 0.490. The summed E-state index contributed by atoms with van der Waals surface area (Å²) in [5.41, 5.74) is 2.08. The number of aromatic nitrogens is 3.